The van der Waals surface area contributed by atoms with E-state index in [0.717, 1.165) is 0 Å². The molecule has 1 aromatic carbocycles. The lowest BCUT2D eigenvalue weighted by Crippen LogP contribution is -2.12. The van der Waals surface area contributed by atoms with Crippen molar-refractivity contribution >= 4 is 21.9 Å². The first-order valence-electron chi connectivity index (χ1n) is 4.97. The summed E-state index contributed by atoms with van der Waals surface area (Å²) in [7, 11) is 1.55. The largest absolute Gasteiger partial charge is 0.497 e. The van der Waals surface area contributed by atoms with E-state index in [-0.39, 0.29) is 16.3 Å². The Morgan fingerprint density at radius 1 is 1.39 bits per heavy atom. The van der Waals surface area contributed by atoms with E-state index in [9.17, 15) is 4.79 Å². The molecule has 0 fully saturated rings. The Morgan fingerprint density at radius 3 is 2.83 bits per heavy atom. The van der Waals surface area contributed by atoms with Crippen molar-refractivity contribution in [2.24, 2.45) is 0 Å². The number of nitrogens with zero attached hydrogens (tertiary/aromatic N) is 1. The third kappa shape index (κ3) is 2.62. The highest BCUT2D eigenvalue weighted by molar-refractivity contribution is 9.10. The second kappa shape index (κ2) is 5.09. The minimum absolute atomic E-state index is 0.0129. The van der Waals surface area contributed by atoms with Crippen LogP contribution < -0.4 is 20.8 Å². The molecule has 0 bridgehead atoms. The average Bonchev–Trinajstić information content (AvgIpc) is 2.35. The van der Waals surface area contributed by atoms with Crippen LogP contribution in [0.2, 0.25) is 0 Å². The van der Waals surface area contributed by atoms with Crippen molar-refractivity contribution in [2.45, 2.75) is 0 Å². The Labute approximate surface area is 111 Å². The molecule has 0 unspecified atom stereocenters. The maximum absolute atomic E-state index is 11.4. The Hall–Kier alpha value is -2.02. The van der Waals surface area contributed by atoms with Gasteiger partial charge < -0.3 is 15.2 Å². The Morgan fingerprint density at radius 2 is 2.11 bits per heavy atom. The number of methoxy groups -OCH3 is 1. The first kappa shape index (κ1) is 12.4. The zero-order valence-electron chi connectivity index (χ0n) is 9.44. The van der Waals surface area contributed by atoms with Crippen molar-refractivity contribution in [1.29, 1.82) is 0 Å². The third-order valence-electron chi connectivity index (χ3n) is 2.11. The molecule has 2 rings (SSSR count). The molecule has 1 aromatic heterocycles. The van der Waals surface area contributed by atoms with E-state index in [2.05, 4.69) is 25.9 Å². The molecule has 0 aliphatic heterocycles. The number of aromatic amines is 1. The van der Waals surface area contributed by atoms with Gasteiger partial charge in [-0.3, -0.25) is 9.78 Å². The number of nitrogens with two attached hydrogens (primary N) is 1. The van der Waals surface area contributed by atoms with Crippen LogP contribution in [0.5, 0.6) is 17.4 Å². The van der Waals surface area contributed by atoms with Crippen LogP contribution in [0.4, 0.5) is 5.95 Å². The summed E-state index contributed by atoms with van der Waals surface area (Å²) < 4.78 is 10.7. The lowest BCUT2D eigenvalue weighted by molar-refractivity contribution is 0.407. The molecule has 0 aliphatic carbocycles. The summed E-state index contributed by atoms with van der Waals surface area (Å²) in [5.74, 6) is 1.22. The highest BCUT2D eigenvalue weighted by atomic mass is 79.9. The van der Waals surface area contributed by atoms with Crippen LogP contribution in [0.3, 0.4) is 0 Å². The zero-order valence-corrected chi connectivity index (χ0v) is 11.0. The van der Waals surface area contributed by atoms with Crippen molar-refractivity contribution in [3.8, 4) is 17.4 Å². The minimum atomic E-state index is -0.402. The van der Waals surface area contributed by atoms with Gasteiger partial charge in [0.2, 0.25) is 11.8 Å². The van der Waals surface area contributed by atoms with Crippen LogP contribution in [0, 0.1) is 0 Å². The van der Waals surface area contributed by atoms with E-state index in [4.69, 9.17) is 15.2 Å². The SMILES string of the molecule is COc1cccc(Oc2nc(N)[nH]c(=O)c2Br)c1. The molecular weight excluding hydrogens is 302 g/mol. The third-order valence-corrected chi connectivity index (χ3v) is 2.81. The number of aromatic nitrogens is 2. The number of benzene rings is 1. The normalized spacial score (nSPS) is 10.1. The Balaban J connectivity index is 2.36. The van der Waals surface area contributed by atoms with Crippen LogP contribution in [-0.4, -0.2) is 17.1 Å². The number of hydrogen-bond donors (Lipinski definition) is 2. The number of nitrogen functional groups attached to an aromatic ring is 1. The van der Waals surface area contributed by atoms with Crippen LogP contribution >= 0.6 is 15.9 Å². The number of nitrogens with one attached hydrogen (secondary N) is 1. The van der Waals surface area contributed by atoms with Gasteiger partial charge in [-0.05, 0) is 28.1 Å². The van der Waals surface area contributed by atoms with Gasteiger partial charge in [0, 0.05) is 6.07 Å². The van der Waals surface area contributed by atoms with Crippen LogP contribution in [0.1, 0.15) is 0 Å². The first-order valence-corrected chi connectivity index (χ1v) is 5.76. The second-order valence-corrected chi connectivity index (χ2v) is 4.14. The van der Waals surface area contributed by atoms with E-state index in [0.29, 0.717) is 11.5 Å². The monoisotopic (exact) mass is 311 g/mol. The van der Waals surface area contributed by atoms with Crippen molar-refractivity contribution in [3.63, 3.8) is 0 Å². The first-order chi connectivity index (χ1) is 8.60. The fourth-order valence-corrected chi connectivity index (χ4v) is 1.57. The van der Waals surface area contributed by atoms with E-state index >= 15 is 0 Å². The molecule has 3 N–H and O–H groups in total. The lowest BCUT2D eigenvalue weighted by atomic mass is 10.3. The molecule has 2 aromatic rings. The molecular formula is C11H10BrN3O3. The van der Waals surface area contributed by atoms with Gasteiger partial charge in [0.1, 0.15) is 16.0 Å². The summed E-state index contributed by atoms with van der Waals surface area (Å²) in [5, 5.41) is 0. The summed E-state index contributed by atoms with van der Waals surface area (Å²) in [6.45, 7) is 0. The summed E-state index contributed by atoms with van der Waals surface area (Å²) >= 11 is 3.09. The van der Waals surface area contributed by atoms with E-state index < -0.39 is 5.56 Å². The second-order valence-electron chi connectivity index (χ2n) is 3.35. The molecule has 7 heteroatoms. The van der Waals surface area contributed by atoms with Gasteiger partial charge in [-0.15, -0.1) is 0 Å². The van der Waals surface area contributed by atoms with Crippen molar-refractivity contribution < 1.29 is 9.47 Å². The van der Waals surface area contributed by atoms with Crippen molar-refractivity contribution in [1.82, 2.24) is 9.97 Å². The molecule has 0 amide bonds. The molecule has 6 nitrogen and oxygen atoms in total. The van der Waals surface area contributed by atoms with E-state index in [1.165, 1.54) is 0 Å². The fourth-order valence-electron chi connectivity index (χ4n) is 1.30. The molecule has 0 saturated carbocycles. The van der Waals surface area contributed by atoms with Gasteiger partial charge in [-0.2, -0.15) is 4.98 Å². The molecule has 94 valence electrons. The summed E-state index contributed by atoms with van der Waals surface area (Å²) in [4.78, 5) is 17.7. The zero-order chi connectivity index (χ0) is 13.1. The highest BCUT2D eigenvalue weighted by Gasteiger charge is 2.10. The number of H-pyrrole nitrogens is 1. The number of halogens is 1. The molecule has 0 radical (unpaired) electrons. The highest BCUT2D eigenvalue weighted by Crippen LogP contribution is 2.27. The standard InChI is InChI=1S/C11H10BrN3O3/c1-17-6-3-2-4-7(5-6)18-10-8(12)9(16)14-11(13)15-10/h2-5H,1H3,(H3,13,14,15,16). The lowest BCUT2D eigenvalue weighted by Gasteiger charge is -2.07. The summed E-state index contributed by atoms with van der Waals surface area (Å²) in [6, 6.07) is 6.93. The minimum Gasteiger partial charge on any atom is -0.497 e. The topological polar surface area (TPSA) is 90.2 Å². The molecule has 0 aliphatic rings. The number of ether oxygens (including phenoxy) is 2. The Bertz CT molecular complexity index is 627. The van der Waals surface area contributed by atoms with E-state index in [1.54, 1.807) is 31.4 Å². The van der Waals surface area contributed by atoms with Gasteiger partial charge in [-0.1, -0.05) is 6.07 Å². The smallest absolute Gasteiger partial charge is 0.270 e. The predicted molar refractivity (Wildman–Crippen MR) is 70.0 cm³/mol. The molecule has 0 spiro atoms. The number of hydrogen-bond acceptors (Lipinski definition) is 5. The van der Waals surface area contributed by atoms with Gasteiger partial charge in [0.25, 0.3) is 5.56 Å². The van der Waals surface area contributed by atoms with Gasteiger partial charge in [-0.25, -0.2) is 0 Å². The average molecular weight is 312 g/mol. The number of anilines is 1. The van der Waals surface area contributed by atoms with Crippen LogP contribution in [0.15, 0.2) is 33.5 Å². The molecule has 18 heavy (non-hydrogen) atoms. The van der Waals surface area contributed by atoms with Crippen LogP contribution in [-0.2, 0) is 0 Å². The summed E-state index contributed by atoms with van der Waals surface area (Å²) in [6.07, 6.45) is 0. The van der Waals surface area contributed by atoms with Crippen molar-refractivity contribution in [2.75, 3.05) is 12.8 Å². The Kier molecular flexibility index (Phi) is 3.52. The maximum atomic E-state index is 11.4. The summed E-state index contributed by atoms with van der Waals surface area (Å²) in [5.41, 5.74) is 5.04. The van der Waals surface area contributed by atoms with E-state index in [1.807, 2.05) is 0 Å². The predicted octanol–water partition coefficient (Wildman–Crippen LogP) is 1.92. The van der Waals surface area contributed by atoms with Gasteiger partial charge >= 0.3 is 0 Å². The molecule has 0 atom stereocenters. The molecule has 0 saturated heterocycles. The van der Waals surface area contributed by atoms with Crippen LogP contribution in [0.25, 0.3) is 0 Å². The quantitative estimate of drug-likeness (QED) is 0.903. The van der Waals surface area contributed by atoms with Gasteiger partial charge in [0.05, 0.1) is 7.11 Å². The van der Waals surface area contributed by atoms with Gasteiger partial charge in [0.15, 0.2) is 0 Å². The maximum Gasteiger partial charge on any atom is 0.270 e. The fraction of sp³-hybridized carbons (Fsp3) is 0.0909. The number of rotatable bonds is 3. The van der Waals surface area contributed by atoms with Crippen molar-refractivity contribution in [3.05, 3.63) is 39.1 Å². The molecule has 1 heterocycles.